The smallest absolute Gasteiger partial charge is 0.269 e. The second-order valence-corrected chi connectivity index (χ2v) is 8.62. The largest absolute Gasteiger partial charge is 0.472 e. The highest BCUT2D eigenvalue weighted by Crippen LogP contribution is 2.48. The summed E-state index contributed by atoms with van der Waals surface area (Å²) in [7, 11) is 1.63. The summed E-state index contributed by atoms with van der Waals surface area (Å²) >= 11 is 3.83. The molecule has 35 heavy (non-hydrogen) atoms. The average molecular weight is 557 g/mol. The zero-order valence-corrected chi connectivity index (χ0v) is 21.7. The lowest BCUT2D eigenvalue weighted by molar-refractivity contribution is 0.0953. The van der Waals surface area contributed by atoms with Crippen LogP contribution in [-0.4, -0.2) is 43.1 Å². The van der Waals surface area contributed by atoms with Gasteiger partial charge in [-0.05, 0) is 56.0 Å². The number of tetrazole rings is 1. The predicted molar refractivity (Wildman–Crippen MR) is 138 cm³/mol. The van der Waals surface area contributed by atoms with E-state index in [2.05, 4.69) is 46.9 Å². The Labute approximate surface area is 216 Å². The van der Waals surface area contributed by atoms with Crippen molar-refractivity contribution in [2.45, 2.75) is 26.8 Å². The zero-order chi connectivity index (χ0) is 23.8. The Morgan fingerprint density at radius 3 is 2.63 bits per heavy atom. The number of hydrogen-bond acceptors (Lipinski definition) is 6. The molecule has 2 aliphatic rings. The van der Waals surface area contributed by atoms with Crippen LogP contribution in [0.1, 0.15) is 34.5 Å². The summed E-state index contributed by atoms with van der Waals surface area (Å²) in [6, 6.07) is 9.90. The van der Waals surface area contributed by atoms with Crippen LogP contribution in [0.15, 0.2) is 51.7 Å². The third-order valence-corrected chi connectivity index (χ3v) is 6.79. The number of rotatable bonds is 6. The molecule has 1 aliphatic carbocycles. The van der Waals surface area contributed by atoms with Crippen LogP contribution in [0.2, 0.25) is 0 Å². The molecular formula is C24H23BrClN7O2. The molecule has 0 spiro atoms. The van der Waals surface area contributed by atoms with Crippen LogP contribution in [0.3, 0.4) is 0 Å². The molecule has 0 radical (unpaired) electrons. The fraction of sp³-hybridized carbons (Fsp3) is 0.208. The number of halogens is 2. The molecule has 3 aromatic rings. The van der Waals surface area contributed by atoms with Gasteiger partial charge in [-0.2, -0.15) is 0 Å². The van der Waals surface area contributed by atoms with Gasteiger partial charge in [-0.3, -0.25) is 4.79 Å². The van der Waals surface area contributed by atoms with Gasteiger partial charge in [-0.15, -0.1) is 17.5 Å². The Morgan fingerprint density at radius 1 is 1.17 bits per heavy atom. The molecular weight excluding hydrogens is 534 g/mol. The normalized spacial score (nSPS) is 11.0. The van der Waals surface area contributed by atoms with Crippen molar-refractivity contribution in [1.29, 1.82) is 0 Å². The summed E-state index contributed by atoms with van der Waals surface area (Å²) in [5.41, 5.74) is 7.07. The van der Waals surface area contributed by atoms with Crippen molar-refractivity contribution in [3.63, 3.8) is 0 Å². The lowest BCUT2D eigenvalue weighted by Gasteiger charge is -2.15. The van der Waals surface area contributed by atoms with Gasteiger partial charge in [0.2, 0.25) is 0 Å². The summed E-state index contributed by atoms with van der Waals surface area (Å²) in [4.78, 5) is 17.5. The summed E-state index contributed by atoms with van der Waals surface area (Å²) in [5, 5.41) is 17.2. The number of hydrogen-bond donors (Lipinski definition) is 2. The van der Waals surface area contributed by atoms with Crippen molar-refractivity contribution in [1.82, 2.24) is 35.5 Å². The number of carbonyl (C=O) groups excluding carboxylic acids is 1. The van der Waals surface area contributed by atoms with E-state index in [9.17, 15) is 4.79 Å². The molecule has 11 heteroatoms. The van der Waals surface area contributed by atoms with Gasteiger partial charge < -0.3 is 14.3 Å². The van der Waals surface area contributed by atoms with Gasteiger partial charge in [-0.25, -0.2) is 10.1 Å². The number of H-pyrrole nitrogens is 1. The van der Waals surface area contributed by atoms with Crippen LogP contribution in [-0.2, 0) is 13.0 Å². The molecule has 1 amide bonds. The summed E-state index contributed by atoms with van der Waals surface area (Å²) in [5.74, 6) is 1.26. The first-order valence-corrected chi connectivity index (χ1v) is 11.6. The lowest BCUT2D eigenvalue weighted by atomic mass is 9.97. The number of aromatic nitrogens is 6. The second kappa shape index (κ2) is 10.0. The molecule has 180 valence electrons. The van der Waals surface area contributed by atoms with E-state index in [0.29, 0.717) is 30.2 Å². The first kappa shape index (κ1) is 24.6. The minimum atomic E-state index is -0.163. The van der Waals surface area contributed by atoms with Gasteiger partial charge in [0.25, 0.3) is 5.91 Å². The van der Waals surface area contributed by atoms with Crippen molar-refractivity contribution in [2.24, 2.45) is 0 Å². The van der Waals surface area contributed by atoms with E-state index in [1.807, 2.05) is 48.7 Å². The molecule has 2 N–H and O–H groups in total. The highest BCUT2D eigenvalue weighted by atomic mass is 79.9. The standard InChI is InChI=1S/C24H22BrN7O2.ClH/c1-4-19-27-13(2)22(24(33)26-3)32(19)11-17-14-9-10-34-12-18(14)21(25)20(17)15-7-5-6-8-16(15)23-28-30-31-29-23;/h5-10,12H,4,11H2,1-3H3,(H,26,33)(H,28,29,30,31);1H. The van der Waals surface area contributed by atoms with E-state index in [4.69, 9.17) is 4.42 Å². The number of fused-ring (bicyclic) bond motifs is 1. The van der Waals surface area contributed by atoms with E-state index in [-0.39, 0.29) is 18.3 Å². The van der Waals surface area contributed by atoms with Crippen molar-refractivity contribution in [3.8, 4) is 33.6 Å². The first-order chi connectivity index (χ1) is 16.5. The quantitative estimate of drug-likeness (QED) is 0.308. The number of nitrogens with one attached hydrogen (secondary N) is 2. The molecule has 3 heterocycles. The van der Waals surface area contributed by atoms with E-state index in [1.54, 1.807) is 19.6 Å². The minimum absolute atomic E-state index is 0. The van der Waals surface area contributed by atoms with E-state index >= 15 is 0 Å². The SMILES string of the molecule is CCc1nc(C)c(C(=O)NC)n1Cc1c2ccocc-2c(Br)c1-c1ccccc1-c1nnn[nH]1.Cl. The predicted octanol–water partition coefficient (Wildman–Crippen LogP) is 4.89. The van der Waals surface area contributed by atoms with Crippen LogP contribution in [0.25, 0.3) is 33.6 Å². The van der Waals surface area contributed by atoms with Crippen molar-refractivity contribution in [3.05, 3.63) is 70.1 Å². The number of aromatic amines is 1. The number of amides is 1. The molecule has 0 saturated carbocycles. The maximum absolute atomic E-state index is 12.8. The van der Waals surface area contributed by atoms with Crippen LogP contribution < -0.4 is 5.32 Å². The monoisotopic (exact) mass is 555 g/mol. The minimum Gasteiger partial charge on any atom is -0.472 e. The molecule has 0 saturated heterocycles. The van der Waals surface area contributed by atoms with E-state index in [1.165, 1.54) is 0 Å². The number of imidazole rings is 1. The fourth-order valence-corrected chi connectivity index (χ4v) is 5.22. The molecule has 0 fully saturated rings. The zero-order valence-electron chi connectivity index (χ0n) is 19.3. The molecule has 0 atom stereocenters. The maximum Gasteiger partial charge on any atom is 0.269 e. The van der Waals surface area contributed by atoms with Crippen LogP contribution in [0.4, 0.5) is 0 Å². The van der Waals surface area contributed by atoms with Crippen molar-refractivity contribution >= 4 is 34.2 Å². The molecule has 9 nitrogen and oxygen atoms in total. The topological polar surface area (TPSA) is 115 Å². The molecule has 0 unspecified atom stereocenters. The highest BCUT2D eigenvalue weighted by Gasteiger charge is 2.28. The number of nitrogens with zero attached hydrogens (tertiary/aromatic N) is 5. The molecule has 5 rings (SSSR count). The van der Waals surface area contributed by atoms with Gasteiger partial charge >= 0.3 is 0 Å². The lowest BCUT2D eigenvalue weighted by Crippen LogP contribution is -2.23. The Hall–Kier alpha value is -3.50. The summed E-state index contributed by atoms with van der Waals surface area (Å²) in [6.45, 7) is 4.36. The van der Waals surface area contributed by atoms with Gasteiger partial charge in [0, 0.05) is 34.6 Å². The van der Waals surface area contributed by atoms with Crippen LogP contribution >= 0.6 is 28.3 Å². The highest BCUT2D eigenvalue weighted by molar-refractivity contribution is 9.10. The van der Waals surface area contributed by atoms with Crippen LogP contribution in [0.5, 0.6) is 0 Å². The van der Waals surface area contributed by atoms with Gasteiger partial charge in [0.05, 0.1) is 24.8 Å². The van der Waals surface area contributed by atoms with Crippen molar-refractivity contribution in [2.75, 3.05) is 7.05 Å². The molecule has 0 bridgehead atoms. The van der Waals surface area contributed by atoms with Gasteiger partial charge in [-0.1, -0.05) is 31.2 Å². The number of carbonyl (C=O) groups is 1. The van der Waals surface area contributed by atoms with Crippen LogP contribution in [0, 0.1) is 6.92 Å². The van der Waals surface area contributed by atoms with Gasteiger partial charge in [0.1, 0.15) is 11.5 Å². The molecule has 1 aromatic carbocycles. The van der Waals surface area contributed by atoms with Gasteiger partial charge in [0.15, 0.2) is 5.82 Å². The molecule has 1 aliphatic heterocycles. The maximum atomic E-state index is 12.8. The van der Waals surface area contributed by atoms with E-state index in [0.717, 1.165) is 43.7 Å². The Kier molecular flexibility index (Phi) is 7.04. The van der Waals surface area contributed by atoms with Crippen molar-refractivity contribution < 1.29 is 9.21 Å². The summed E-state index contributed by atoms with van der Waals surface area (Å²) in [6.07, 6.45) is 4.08. The molecule has 2 aromatic heterocycles. The third-order valence-electron chi connectivity index (χ3n) is 5.96. The Balaban J connectivity index is 0.00000289. The third kappa shape index (κ3) is 4.12. The first-order valence-electron chi connectivity index (χ1n) is 10.8. The fourth-order valence-electron chi connectivity index (χ4n) is 4.46. The average Bonchev–Trinajstić information content (AvgIpc) is 3.57. The second-order valence-electron chi connectivity index (χ2n) is 7.83. The number of aryl methyl sites for hydroxylation is 2. The number of benzene rings is 1. The Morgan fingerprint density at radius 2 is 1.94 bits per heavy atom. The summed E-state index contributed by atoms with van der Waals surface area (Å²) < 4.78 is 8.41. The Bertz CT molecular complexity index is 1460. The van der Waals surface area contributed by atoms with E-state index < -0.39 is 0 Å².